The number of carbonyl (C=O) groups is 1. The molecule has 5 heteroatoms. The van der Waals surface area contributed by atoms with Crippen LogP contribution >= 0.6 is 0 Å². The molecule has 100 valence electrons. The smallest absolute Gasteiger partial charge is 0.150 e. The quantitative estimate of drug-likeness (QED) is 0.752. The van der Waals surface area contributed by atoms with E-state index in [1.165, 1.54) is 18.2 Å². The fourth-order valence-corrected chi connectivity index (χ4v) is 1.80. The first-order valence-electron chi connectivity index (χ1n) is 6.10. The zero-order valence-corrected chi connectivity index (χ0v) is 10.7. The van der Waals surface area contributed by atoms with Gasteiger partial charge in [0.15, 0.2) is 0 Å². The van der Waals surface area contributed by atoms with E-state index in [1.54, 1.807) is 12.5 Å². The Hall–Kier alpha value is -2.17. The van der Waals surface area contributed by atoms with Gasteiger partial charge in [0, 0.05) is 18.2 Å². The van der Waals surface area contributed by atoms with Crippen LogP contribution in [-0.2, 0) is 13.2 Å². The summed E-state index contributed by atoms with van der Waals surface area (Å²) < 4.78 is 20.7. The zero-order chi connectivity index (χ0) is 13.7. The molecule has 0 spiro atoms. The maximum Gasteiger partial charge on any atom is 0.150 e. The van der Waals surface area contributed by atoms with E-state index in [0.29, 0.717) is 18.6 Å². The molecule has 0 radical (unpaired) electrons. The lowest BCUT2D eigenvalue weighted by Crippen LogP contribution is -2.05. The van der Waals surface area contributed by atoms with Crippen LogP contribution in [0.2, 0.25) is 0 Å². The van der Waals surface area contributed by atoms with Crippen molar-refractivity contribution >= 4 is 6.29 Å². The average molecular weight is 262 g/mol. The Morgan fingerprint density at radius 2 is 2.26 bits per heavy atom. The molecule has 0 aliphatic carbocycles. The number of ether oxygens (including phenoxy) is 1. The molecular weight excluding hydrogens is 247 g/mol. The topological polar surface area (TPSA) is 44.1 Å². The number of aromatic nitrogens is 2. The van der Waals surface area contributed by atoms with Crippen molar-refractivity contribution in [1.82, 2.24) is 9.55 Å². The highest BCUT2D eigenvalue weighted by molar-refractivity contribution is 5.75. The van der Waals surface area contributed by atoms with Crippen LogP contribution < -0.4 is 4.74 Å². The van der Waals surface area contributed by atoms with E-state index >= 15 is 0 Å². The number of nitrogens with zero attached hydrogens (tertiary/aromatic N) is 2. The van der Waals surface area contributed by atoms with Crippen molar-refractivity contribution in [2.45, 2.75) is 26.5 Å². The maximum atomic E-state index is 13.2. The lowest BCUT2D eigenvalue weighted by molar-refractivity contribution is 0.112. The van der Waals surface area contributed by atoms with Crippen molar-refractivity contribution < 1.29 is 13.9 Å². The molecule has 1 heterocycles. The van der Waals surface area contributed by atoms with E-state index in [4.69, 9.17) is 4.74 Å². The second-order valence-electron chi connectivity index (χ2n) is 4.21. The Kier molecular flexibility index (Phi) is 4.28. The second-order valence-corrected chi connectivity index (χ2v) is 4.21. The van der Waals surface area contributed by atoms with Crippen molar-refractivity contribution in [3.63, 3.8) is 0 Å². The van der Waals surface area contributed by atoms with E-state index in [1.807, 2.05) is 4.57 Å². The fourth-order valence-electron chi connectivity index (χ4n) is 1.80. The number of carbonyl (C=O) groups excluding carboxylic acids is 1. The van der Waals surface area contributed by atoms with Gasteiger partial charge in [0.2, 0.25) is 0 Å². The summed E-state index contributed by atoms with van der Waals surface area (Å²) in [5.74, 6) is -0.145. The molecule has 0 amide bonds. The molecule has 2 aromatic rings. The third kappa shape index (κ3) is 3.40. The van der Waals surface area contributed by atoms with Crippen LogP contribution in [0.3, 0.4) is 0 Å². The average Bonchev–Trinajstić information content (AvgIpc) is 2.83. The molecule has 1 aromatic carbocycles. The highest BCUT2D eigenvalue weighted by Gasteiger charge is 2.05. The van der Waals surface area contributed by atoms with Crippen LogP contribution in [0.1, 0.15) is 29.4 Å². The minimum absolute atomic E-state index is 0.261. The predicted octanol–water partition coefficient (Wildman–Crippen LogP) is 2.82. The molecule has 0 aliphatic heterocycles. The Bertz CT molecular complexity index is 566. The largest absolute Gasteiger partial charge is 0.487 e. The molecule has 0 fully saturated rings. The Labute approximate surface area is 110 Å². The molecule has 0 unspecified atom stereocenters. The lowest BCUT2D eigenvalue weighted by Gasteiger charge is -2.09. The van der Waals surface area contributed by atoms with Crippen LogP contribution in [0.5, 0.6) is 5.75 Å². The number of hydrogen-bond donors (Lipinski definition) is 0. The van der Waals surface area contributed by atoms with Gasteiger partial charge in [0.1, 0.15) is 24.5 Å². The SMILES string of the molecule is CCCn1cncc1COc1cc(F)cc(C=O)c1. The van der Waals surface area contributed by atoms with Crippen LogP contribution in [0.25, 0.3) is 0 Å². The molecule has 2 rings (SSSR count). The molecular formula is C14H15FN2O2. The molecule has 0 saturated heterocycles. The third-order valence-electron chi connectivity index (χ3n) is 2.68. The van der Waals surface area contributed by atoms with Gasteiger partial charge in [-0.25, -0.2) is 9.37 Å². The summed E-state index contributed by atoms with van der Waals surface area (Å²) in [5, 5.41) is 0. The van der Waals surface area contributed by atoms with Gasteiger partial charge in [-0.3, -0.25) is 4.79 Å². The molecule has 19 heavy (non-hydrogen) atoms. The van der Waals surface area contributed by atoms with Crippen molar-refractivity contribution in [2.24, 2.45) is 0 Å². The molecule has 0 aliphatic rings. The predicted molar refractivity (Wildman–Crippen MR) is 68.6 cm³/mol. The summed E-state index contributed by atoms with van der Waals surface area (Å²) in [7, 11) is 0. The van der Waals surface area contributed by atoms with E-state index in [0.717, 1.165) is 18.7 Å². The van der Waals surface area contributed by atoms with E-state index < -0.39 is 5.82 Å². The Balaban J connectivity index is 2.07. The second kappa shape index (κ2) is 6.13. The first kappa shape index (κ1) is 13.3. The number of halogens is 1. The van der Waals surface area contributed by atoms with Crippen molar-refractivity contribution in [3.05, 3.63) is 47.8 Å². The molecule has 0 N–H and O–H groups in total. The summed E-state index contributed by atoms with van der Waals surface area (Å²) in [6, 6.07) is 3.94. The van der Waals surface area contributed by atoms with Gasteiger partial charge in [-0.15, -0.1) is 0 Å². The third-order valence-corrected chi connectivity index (χ3v) is 2.68. The van der Waals surface area contributed by atoms with Gasteiger partial charge in [0.25, 0.3) is 0 Å². The van der Waals surface area contributed by atoms with Gasteiger partial charge >= 0.3 is 0 Å². The van der Waals surface area contributed by atoms with Crippen molar-refractivity contribution in [1.29, 1.82) is 0 Å². The van der Waals surface area contributed by atoms with Crippen LogP contribution in [0, 0.1) is 5.82 Å². The summed E-state index contributed by atoms with van der Waals surface area (Å²) >= 11 is 0. The first-order chi connectivity index (χ1) is 9.22. The lowest BCUT2D eigenvalue weighted by atomic mass is 10.2. The normalized spacial score (nSPS) is 10.4. The highest BCUT2D eigenvalue weighted by atomic mass is 19.1. The van der Waals surface area contributed by atoms with Gasteiger partial charge in [-0.1, -0.05) is 6.92 Å². The summed E-state index contributed by atoms with van der Waals surface area (Å²) in [5.41, 5.74) is 1.18. The number of rotatable bonds is 6. The monoisotopic (exact) mass is 262 g/mol. The summed E-state index contributed by atoms with van der Waals surface area (Å²) in [6.45, 7) is 3.23. The summed E-state index contributed by atoms with van der Waals surface area (Å²) in [6.07, 6.45) is 5.05. The standard InChI is InChI=1S/C14H15FN2O2/c1-2-3-17-10-16-7-13(17)9-19-14-5-11(8-18)4-12(15)6-14/h4-8,10H,2-3,9H2,1H3. The maximum absolute atomic E-state index is 13.2. The van der Waals surface area contributed by atoms with Crippen molar-refractivity contribution in [2.75, 3.05) is 0 Å². The molecule has 4 nitrogen and oxygen atoms in total. The number of aryl methyl sites for hydroxylation is 1. The van der Waals surface area contributed by atoms with Gasteiger partial charge < -0.3 is 9.30 Å². The molecule has 0 atom stereocenters. The number of hydrogen-bond acceptors (Lipinski definition) is 3. The first-order valence-corrected chi connectivity index (χ1v) is 6.10. The minimum atomic E-state index is -0.485. The van der Waals surface area contributed by atoms with Crippen molar-refractivity contribution in [3.8, 4) is 5.75 Å². The fraction of sp³-hybridized carbons (Fsp3) is 0.286. The van der Waals surface area contributed by atoms with Gasteiger partial charge in [-0.05, 0) is 18.6 Å². The molecule has 0 bridgehead atoms. The summed E-state index contributed by atoms with van der Waals surface area (Å²) in [4.78, 5) is 14.7. The van der Waals surface area contributed by atoms with Crippen LogP contribution in [0.15, 0.2) is 30.7 Å². The molecule has 1 aromatic heterocycles. The molecule has 0 saturated carbocycles. The number of imidazole rings is 1. The number of aldehydes is 1. The Morgan fingerprint density at radius 3 is 3.00 bits per heavy atom. The highest BCUT2D eigenvalue weighted by Crippen LogP contribution is 2.17. The Morgan fingerprint density at radius 1 is 1.42 bits per heavy atom. The number of benzene rings is 1. The van der Waals surface area contributed by atoms with Crippen LogP contribution in [0.4, 0.5) is 4.39 Å². The van der Waals surface area contributed by atoms with Gasteiger partial charge in [-0.2, -0.15) is 0 Å². The van der Waals surface area contributed by atoms with Crippen LogP contribution in [-0.4, -0.2) is 15.8 Å². The minimum Gasteiger partial charge on any atom is -0.487 e. The van der Waals surface area contributed by atoms with Gasteiger partial charge in [0.05, 0.1) is 18.2 Å². The van der Waals surface area contributed by atoms with E-state index in [-0.39, 0.29) is 5.56 Å². The zero-order valence-electron chi connectivity index (χ0n) is 10.7. The van der Waals surface area contributed by atoms with E-state index in [9.17, 15) is 9.18 Å². The van der Waals surface area contributed by atoms with E-state index in [2.05, 4.69) is 11.9 Å².